The molecule has 7 nitrogen and oxygen atoms in total. The van der Waals surface area contributed by atoms with Gasteiger partial charge >= 0.3 is 5.97 Å². The van der Waals surface area contributed by atoms with Crippen LogP contribution in [0.3, 0.4) is 0 Å². The van der Waals surface area contributed by atoms with Gasteiger partial charge in [0, 0.05) is 32.2 Å². The molecular formula is C17H28N2O5. The smallest absolute Gasteiger partial charge is 0.306 e. The molecule has 0 radical (unpaired) electrons. The quantitative estimate of drug-likeness (QED) is 0.753. The van der Waals surface area contributed by atoms with Crippen LogP contribution in [0.4, 0.5) is 0 Å². The third-order valence-electron chi connectivity index (χ3n) is 5.11. The number of likely N-dealkylation sites (tertiary alicyclic amines) is 1. The molecule has 0 bridgehead atoms. The van der Waals surface area contributed by atoms with E-state index in [0.717, 1.165) is 25.7 Å². The number of amides is 2. The standard InChI is InChI=1S/C17H28N2O5/c1-24-10-7-15(20)19-8-5-14(6-9-19)18-16(21)12-3-2-4-13(11-12)17(22)23/h12-14H,2-11H2,1H3,(H,18,21)(H,22,23). The molecule has 0 aromatic rings. The zero-order chi connectivity index (χ0) is 17.5. The lowest BCUT2D eigenvalue weighted by Gasteiger charge is -2.34. The van der Waals surface area contributed by atoms with Crippen molar-refractivity contribution in [1.82, 2.24) is 10.2 Å². The molecule has 0 aromatic heterocycles. The first-order valence-electron chi connectivity index (χ1n) is 8.81. The van der Waals surface area contributed by atoms with Crippen LogP contribution in [0.5, 0.6) is 0 Å². The first-order valence-corrected chi connectivity index (χ1v) is 8.81. The van der Waals surface area contributed by atoms with E-state index >= 15 is 0 Å². The van der Waals surface area contributed by atoms with E-state index in [1.807, 2.05) is 4.90 Å². The van der Waals surface area contributed by atoms with Gasteiger partial charge in [0.05, 0.1) is 18.9 Å². The topological polar surface area (TPSA) is 95.9 Å². The summed E-state index contributed by atoms with van der Waals surface area (Å²) in [7, 11) is 1.58. The number of piperidine rings is 1. The third kappa shape index (κ3) is 5.19. The lowest BCUT2D eigenvalue weighted by molar-refractivity contribution is -0.144. The van der Waals surface area contributed by atoms with Crippen molar-refractivity contribution < 1.29 is 24.2 Å². The van der Waals surface area contributed by atoms with E-state index in [9.17, 15) is 14.4 Å². The van der Waals surface area contributed by atoms with Crippen molar-refractivity contribution in [1.29, 1.82) is 0 Å². The maximum atomic E-state index is 12.4. The number of carboxylic acids is 1. The summed E-state index contributed by atoms with van der Waals surface area (Å²) in [6, 6.07) is 0.0779. The Morgan fingerprint density at radius 3 is 2.42 bits per heavy atom. The van der Waals surface area contributed by atoms with Gasteiger partial charge in [0.25, 0.3) is 0 Å². The summed E-state index contributed by atoms with van der Waals surface area (Å²) in [5.74, 6) is -1.31. The molecule has 1 aliphatic carbocycles. The van der Waals surface area contributed by atoms with Gasteiger partial charge in [-0.05, 0) is 32.1 Å². The Morgan fingerprint density at radius 2 is 1.79 bits per heavy atom. The third-order valence-corrected chi connectivity index (χ3v) is 5.11. The molecule has 0 spiro atoms. The fraction of sp³-hybridized carbons (Fsp3) is 0.824. The number of nitrogens with zero attached hydrogens (tertiary/aromatic N) is 1. The first-order chi connectivity index (χ1) is 11.5. The molecule has 7 heteroatoms. The van der Waals surface area contributed by atoms with E-state index in [1.54, 1.807) is 7.11 Å². The van der Waals surface area contributed by atoms with E-state index in [2.05, 4.69) is 5.32 Å². The lowest BCUT2D eigenvalue weighted by atomic mass is 9.81. The van der Waals surface area contributed by atoms with E-state index in [-0.39, 0.29) is 23.8 Å². The molecule has 2 rings (SSSR count). The summed E-state index contributed by atoms with van der Waals surface area (Å²) in [5, 5.41) is 12.2. The van der Waals surface area contributed by atoms with Gasteiger partial charge in [-0.15, -0.1) is 0 Å². The summed E-state index contributed by atoms with van der Waals surface area (Å²) >= 11 is 0. The number of aliphatic carboxylic acids is 1. The summed E-state index contributed by atoms with van der Waals surface area (Å²) < 4.78 is 4.92. The Hall–Kier alpha value is -1.63. The number of hydrogen-bond donors (Lipinski definition) is 2. The molecule has 1 aliphatic heterocycles. The van der Waals surface area contributed by atoms with Crippen LogP contribution < -0.4 is 5.32 Å². The molecule has 2 amide bonds. The van der Waals surface area contributed by atoms with Crippen molar-refractivity contribution in [3.63, 3.8) is 0 Å². The van der Waals surface area contributed by atoms with Crippen molar-refractivity contribution in [2.45, 2.75) is 51.0 Å². The van der Waals surface area contributed by atoms with Crippen molar-refractivity contribution in [3.05, 3.63) is 0 Å². The van der Waals surface area contributed by atoms with Crippen molar-refractivity contribution >= 4 is 17.8 Å². The average molecular weight is 340 g/mol. The van der Waals surface area contributed by atoms with Crippen LogP contribution in [0.2, 0.25) is 0 Å². The molecule has 2 N–H and O–H groups in total. The SMILES string of the molecule is COCCC(=O)N1CCC(NC(=O)C2CCCC(C(=O)O)C2)CC1. The van der Waals surface area contributed by atoms with E-state index in [4.69, 9.17) is 9.84 Å². The monoisotopic (exact) mass is 340 g/mol. The normalized spacial score (nSPS) is 25.3. The molecule has 24 heavy (non-hydrogen) atoms. The van der Waals surface area contributed by atoms with Gasteiger partial charge in [-0.1, -0.05) is 6.42 Å². The Morgan fingerprint density at radius 1 is 1.12 bits per heavy atom. The Kier molecular flexibility index (Phi) is 7.02. The second-order valence-corrected chi connectivity index (χ2v) is 6.81. The lowest BCUT2D eigenvalue weighted by Crippen LogP contribution is -2.48. The van der Waals surface area contributed by atoms with Gasteiger partial charge in [-0.2, -0.15) is 0 Å². The molecule has 2 fully saturated rings. The molecule has 0 aromatic carbocycles. The maximum Gasteiger partial charge on any atom is 0.306 e. The zero-order valence-corrected chi connectivity index (χ0v) is 14.3. The Bertz CT molecular complexity index is 460. The highest BCUT2D eigenvalue weighted by atomic mass is 16.5. The molecule has 1 saturated carbocycles. The number of carbonyl (C=O) groups is 3. The zero-order valence-electron chi connectivity index (χ0n) is 14.3. The van der Waals surface area contributed by atoms with Gasteiger partial charge in [-0.3, -0.25) is 14.4 Å². The largest absolute Gasteiger partial charge is 0.481 e. The second kappa shape index (κ2) is 9.01. The predicted molar refractivity (Wildman–Crippen MR) is 87.3 cm³/mol. The number of carbonyl (C=O) groups excluding carboxylic acids is 2. The minimum Gasteiger partial charge on any atom is -0.481 e. The Labute approximate surface area is 142 Å². The predicted octanol–water partition coefficient (Wildman–Crippen LogP) is 1.02. The number of rotatable bonds is 6. The molecule has 1 heterocycles. The highest BCUT2D eigenvalue weighted by Crippen LogP contribution is 2.29. The van der Waals surface area contributed by atoms with Crippen LogP contribution in [0.1, 0.15) is 44.9 Å². The number of hydrogen-bond acceptors (Lipinski definition) is 4. The number of methoxy groups -OCH3 is 1. The van der Waals surface area contributed by atoms with Crippen molar-refractivity contribution in [2.75, 3.05) is 26.8 Å². The van der Waals surface area contributed by atoms with Gasteiger partial charge < -0.3 is 20.1 Å². The Balaban J connectivity index is 1.74. The molecule has 2 atom stereocenters. The van der Waals surface area contributed by atoms with Crippen LogP contribution in [0.25, 0.3) is 0 Å². The minimum absolute atomic E-state index is 0.0230. The maximum absolute atomic E-state index is 12.4. The summed E-state index contributed by atoms with van der Waals surface area (Å²) in [6.45, 7) is 1.73. The summed E-state index contributed by atoms with van der Waals surface area (Å²) in [6.07, 6.45) is 4.56. The summed E-state index contributed by atoms with van der Waals surface area (Å²) in [4.78, 5) is 37.3. The van der Waals surface area contributed by atoms with Crippen LogP contribution in [0, 0.1) is 11.8 Å². The van der Waals surface area contributed by atoms with Gasteiger partial charge in [0.15, 0.2) is 0 Å². The van der Waals surface area contributed by atoms with Crippen molar-refractivity contribution in [3.8, 4) is 0 Å². The summed E-state index contributed by atoms with van der Waals surface area (Å²) in [5.41, 5.74) is 0. The number of ether oxygens (including phenoxy) is 1. The highest BCUT2D eigenvalue weighted by Gasteiger charge is 2.32. The molecular weight excluding hydrogens is 312 g/mol. The van der Waals surface area contributed by atoms with Gasteiger partial charge in [-0.25, -0.2) is 0 Å². The molecule has 2 aliphatic rings. The van der Waals surface area contributed by atoms with E-state index < -0.39 is 11.9 Å². The number of nitrogens with one attached hydrogen (secondary N) is 1. The average Bonchev–Trinajstić information content (AvgIpc) is 2.60. The van der Waals surface area contributed by atoms with E-state index in [0.29, 0.717) is 39.0 Å². The van der Waals surface area contributed by atoms with Crippen LogP contribution >= 0.6 is 0 Å². The fourth-order valence-corrected chi connectivity index (χ4v) is 3.59. The van der Waals surface area contributed by atoms with Crippen LogP contribution in [-0.4, -0.2) is 60.6 Å². The molecule has 2 unspecified atom stereocenters. The fourth-order valence-electron chi connectivity index (χ4n) is 3.59. The molecule has 1 saturated heterocycles. The van der Waals surface area contributed by atoms with Gasteiger partial charge in [0.2, 0.25) is 11.8 Å². The van der Waals surface area contributed by atoms with Crippen molar-refractivity contribution in [2.24, 2.45) is 11.8 Å². The van der Waals surface area contributed by atoms with Gasteiger partial charge in [0.1, 0.15) is 0 Å². The van der Waals surface area contributed by atoms with Crippen LogP contribution in [-0.2, 0) is 19.1 Å². The highest BCUT2D eigenvalue weighted by molar-refractivity contribution is 5.80. The van der Waals surface area contributed by atoms with E-state index in [1.165, 1.54) is 0 Å². The minimum atomic E-state index is -0.796. The molecule has 136 valence electrons. The second-order valence-electron chi connectivity index (χ2n) is 6.81. The van der Waals surface area contributed by atoms with Crippen LogP contribution in [0.15, 0.2) is 0 Å². The first kappa shape index (κ1) is 18.7. The number of carboxylic acid groups (broad SMARTS) is 1.